The first-order valence-corrected chi connectivity index (χ1v) is 3.09. The van der Waals surface area contributed by atoms with Gasteiger partial charge in [0.1, 0.15) is 0 Å². The van der Waals surface area contributed by atoms with E-state index in [-0.39, 0.29) is 29.6 Å². The van der Waals surface area contributed by atoms with E-state index in [1.165, 1.54) is 0 Å². The van der Waals surface area contributed by atoms with Gasteiger partial charge in [-0.05, 0) is 0 Å². The van der Waals surface area contributed by atoms with Gasteiger partial charge in [-0.3, -0.25) is 4.57 Å². The van der Waals surface area contributed by atoms with Crippen molar-refractivity contribution in [2.24, 2.45) is 0 Å². The Morgan fingerprint density at radius 2 is 1.50 bits per heavy atom. The van der Waals surface area contributed by atoms with Crippen LogP contribution in [-0.2, 0) is 4.57 Å². The predicted octanol–water partition coefficient (Wildman–Crippen LogP) is -0.855. The second-order valence-corrected chi connectivity index (χ2v) is 2.51. The van der Waals surface area contributed by atoms with E-state index >= 15 is 0 Å². The summed E-state index contributed by atoms with van der Waals surface area (Å²) in [4.78, 5) is 15.3. The molecule has 0 saturated heterocycles. The molecule has 0 fully saturated rings. The van der Waals surface area contributed by atoms with Crippen LogP contribution in [0.4, 0.5) is 0 Å². The number of hydrogen-bond donors (Lipinski definition) is 2. The molecular formula is CH6NaO3P. The summed E-state index contributed by atoms with van der Waals surface area (Å²) >= 11 is 0. The summed E-state index contributed by atoms with van der Waals surface area (Å²) in [5.41, 5.74) is 0. The molecule has 6 heavy (non-hydrogen) atoms. The Morgan fingerprint density at radius 1 is 1.50 bits per heavy atom. The van der Waals surface area contributed by atoms with Crippen LogP contribution in [-0.4, -0.2) is 46.0 Å². The molecule has 0 unspecified atom stereocenters. The van der Waals surface area contributed by atoms with E-state index in [0.29, 0.717) is 0 Å². The summed E-state index contributed by atoms with van der Waals surface area (Å²) in [6.07, 6.45) is 0. The summed E-state index contributed by atoms with van der Waals surface area (Å²) in [6.45, 7) is 0.854. The van der Waals surface area contributed by atoms with Crippen LogP contribution in [0, 0.1) is 0 Å². The molecular weight excluding hydrogens is 114 g/mol. The second-order valence-electron chi connectivity index (χ2n) is 0.835. The van der Waals surface area contributed by atoms with Crippen LogP contribution in [0.1, 0.15) is 0 Å². The molecule has 0 aromatic rings. The minimum absolute atomic E-state index is 0. The van der Waals surface area contributed by atoms with Crippen LogP contribution < -0.4 is 0 Å². The fourth-order valence-corrected chi connectivity index (χ4v) is 0. The molecule has 0 heterocycles. The molecule has 0 atom stereocenters. The molecule has 0 aromatic heterocycles. The number of rotatable bonds is 0. The molecule has 0 aliphatic heterocycles. The van der Waals surface area contributed by atoms with E-state index in [0.717, 1.165) is 6.66 Å². The van der Waals surface area contributed by atoms with Crippen molar-refractivity contribution in [2.75, 3.05) is 6.66 Å². The Labute approximate surface area is 58.2 Å². The average Bonchev–Trinajstić information content (AvgIpc) is 0.722. The zero-order chi connectivity index (χ0) is 4.50. The molecule has 3 nitrogen and oxygen atoms in total. The predicted molar refractivity (Wildman–Crippen MR) is 25.1 cm³/mol. The summed E-state index contributed by atoms with van der Waals surface area (Å²) in [5.74, 6) is 0. The van der Waals surface area contributed by atoms with E-state index in [1.54, 1.807) is 0 Å². The maximum atomic E-state index is 9.33. The van der Waals surface area contributed by atoms with Gasteiger partial charge in [0, 0.05) is 6.66 Å². The SMILES string of the molecule is CP(=O)(O)O.[NaH]. The Hall–Kier alpha value is 1.15. The van der Waals surface area contributed by atoms with Gasteiger partial charge in [-0.15, -0.1) is 0 Å². The third-order valence-electron chi connectivity index (χ3n) is 0. The minimum atomic E-state index is -3.64. The first kappa shape index (κ1) is 10.2. The van der Waals surface area contributed by atoms with E-state index in [1.807, 2.05) is 0 Å². The van der Waals surface area contributed by atoms with Crippen LogP contribution in [0.5, 0.6) is 0 Å². The van der Waals surface area contributed by atoms with Gasteiger partial charge in [0.15, 0.2) is 0 Å². The number of hydrogen-bond acceptors (Lipinski definition) is 1. The summed E-state index contributed by atoms with van der Waals surface area (Å²) < 4.78 is 9.33. The first-order chi connectivity index (χ1) is 2.00. The van der Waals surface area contributed by atoms with Gasteiger partial charge in [-0.25, -0.2) is 0 Å². The van der Waals surface area contributed by atoms with Gasteiger partial charge < -0.3 is 9.79 Å². The van der Waals surface area contributed by atoms with Crippen LogP contribution in [0.25, 0.3) is 0 Å². The van der Waals surface area contributed by atoms with Crippen LogP contribution in [0.2, 0.25) is 0 Å². The first-order valence-electron chi connectivity index (χ1n) is 1.03. The monoisotopic (exact) mass is 120 g/mol. The van der Waals surface area contributed by atoms with Crippen LogP contribution in [0.3, 0.4) is 0 Å². The van der Waals surface area contributed by atoms with E-state index in [2.05, 4.69) is 0 Å². The van der Waals surface area contributed by atoms with E-state index in [4.69, 9.17) is 9.79 Å². The molecule has 0 radical (unpaired) electrons. The fourth-order valence-electron chi connectivity index (χ4n) is 0. The van der Waals surface area contributed by atoms with Gasteiger partial charge >= 0.3 is 37.2 Å². The summed E-state index contributed by atoms with van der Waals surface area (Å²) in [6, 6.07) is 0. The summed E-state index contributed by atoms with van der Waals surface area (Å²) in [5, 5.41) is 0. The van der Waals surface area contributed by atoms with Crippen LogP contribution >= 0.6 is 7.60 Å². The molecule has 0 aliphatic rings. The molecule has 0 spiro atoms. The van der Waals surface area contributed by atoms with Crippen LogP contribution in [0.15, 0.2) is 0 Å². The van der Waals surface area contributed by atoms with Gasteiger partial charge in [0.05, 0.1) is 0 Å². The molecule has 34 valence electrons. The Kier molecular flexibility index (Phi) is 5.42. The van der Waals surface area contributed by atoms with Crippen molar-refractivity contribution in [3.05, 3.63) is 0 Å². The Morgan fingerprint density at radius 3 is 1.50 bits per heavy atom. The van der Waals surface area contributed by atoms with Crippen molar-refractivity contribution < 1.29 is 14.4 Å². The zero-order valence-corrected chi connectivity index (χ0v) is 3.64. The Balaban J connectivity index is 0. The molecule has 0 bridgehead atoms. The van der Waals surface area contributed by atoms with Gasteiger partial charge in [-0.1, -0.05) is 0 Å². The van der Waals surface area contributed by atoms with Crippen molar-refractivity contribution in [3.63, 3.8) is 0 Å². The summed E-state index contributed by atoms with van der Waals surface area (Å²) in [7, 11) is -3.64. The molecule has 0 rings (SSSR count). The molecule has 0 amide bonds. The molecule has 0 aromatic carbocycles. The zero-order valence-electron chi connectivity index (χ0n) is 2.75. The fraction of sp³-hybridized carbons (Fsp3) is 1.00. The Bertz CT molecular complexity index is 56.9. The standard InChI is InChI=1S/CH5O3P.Na.H/c1-5(2,3)4;;/h1H3,(H2,2,3,4);;. The van der Waals surface area contributed by atoms with Crippen molar-refractivity contribution in [1.29, 1.82) is 0 Å². The molecule has 5 heteroatoms. The maximum absolute atomic E-state index is 9.33. The van der Waals surface area contributed by atoms with Gasteiger partial charge in [-0.2, -0.15) is 0 Å². The molecule has 2 N–H and O–H groups in total. The normalized spacial score (nSPS) is 9.83. The van der Waals surface area contributed by atoms with E-state index in [9.17, 15) is 4.57 Å². The van der Waals surface area contributed by atoms with Crippen molar-refractivity contribution in [2.45, 2.75) is 0 Å². The van der Waals surface area contributed by atoms with Gasteiger partial charge in [0.25, 0.3) is 0 Å². The third kappa shape index (κ3) is 67.1. The van der Waals surface area contributed by atoms with Crippen molar-refractivity contribution >= 4 is 37.2 Å². The van der Waals surface area contributed by atoms with Gasteiger partial charge in [0.2, 0.25) is 0 Å². The molecule has 0 saturated carbocycles. The quantitative estimate of drug-likeness (QED) is 0.323. The second kappa shape index (κ2) is 3.19. The molecule has 0 aliphatic carbocycles. The topological polar surface area (TPSA) is 57.5 Å². The average molecular weight is 120 g/mol. The van der Waals surface area contributed by atoms with E-state index < -0.39 is 7.60 Å². The van der Waals surface area contributed by atoms with Crippen molar-refractivity contribution in [1.82, 2.24) is 0 Å². The third-order valence-corrected chi connectivity index (χ3v) is 0. The van der Waals surface area contributed by atoms with Crippen molar-refractivity contribution in [3.8, 4) is 0 Å².